The highest BCUT2D eigenvalue weighted by atomic mass is 16.2. The van der Waals surface area contributed by atoms with Crippen LogP contribution in [0.25, 0.3) is 0 Å². The number of allylic oxidation sites excluding steroid dienone is 2. The van der Waals surface area contributed by atoms with Gasteiger partial charge in [-0.15, -0.1) is 0 Å². The summed E-state index contributed by atoms with van der Waals surface area (Å²) in [6.07, 6.45) is 6.63. The second-order valence-corrected chi connectivity index (χ2v) is 5.06. The number of anilines is 1. The number of carbonyl (C=O) groups excluding carboxylic acids is 3. The molecular formula is C15H14N2O3. The van der Waals surface area contributed by atoms with Crippen molar-refractivity contribution < 1.29 is 14.4 Å². The van der Waals surface area contributed by atoms with Gasteiger partial charge >= 0.3 is 0 Å². The summed E-state index contributed by atoms with van der Waals surface area (Å²) in [5.74, 6) is -0.584. The van der Waals surface area contributed by atoms with Gasteiger partial charge in [-0.1, -0.05) is 12.2 Å². The summed E-state index contributed by atoms with van der Waals surface area (Å²) in [5.41, 5.74) is 1.21. The van der Waals surface area contributed by atoms with Gasteiger partial charge in [0.25, 0.3) is 11.8 Å². The van der Waals surface area contributed by atoms with Crippen LogP contribution in [0.3, 0.4) is 0 Å². The Morgan fingerprint density at radius 1 is 1.25 bits per heavy atom. The molecule has 0 fully saturated rings. The molecule has 0 radical (unpaired) electrons. The summed E-state index contributed by atoms with van der Waals surface area (Å²) in [6.45, 7) is 0. The van der Waals surface area contributed by atoms with E-state index in [0.717, 1.165) is 12.8 Å². The van der Waals surface area contributed by atoms with E-state index in [0.29, 0.717) is 29.2 Å². The zero-order chi connectivity index (χ0) is 14.1. The summed E-state index contributed by atoms with van der Waals surface area (Å²) in [4.78, 5) is 34.9. The fourth-order valence-corrected chi connectivity index (χ4v) is 2.56. The zero-order valence-corrected chi connectivity index (χ0v) is 10.8. The lowest BCUT2D eigenvalue weighted by molar-refractivity contribution is -0.116. The van der Waals surface area contributed by atoms with Crippen molar-refractivity contribution in [2.24, 2.45) is 5.92 Å². The van der Waals surface area contributed by atoms with Crippen LogP contribution >= 0.6 is 0 Å². The van der Waals surface area contributed by atoms with Gasteiger partial charge in [0.05, 0.1) is 11.1 Å². The maximum absolute atomic E-state index is 11.9. The topological polar surface area (TPSA) is 75.3 Å². The quantitative estimate of drug-likeness (QED) is 0.650. The molecule has 0 spiro atoms. The Kier molecular flexibility index (Phi) is 3.10. The summed E-state index contributed by atoms with van der Waals surface area (Å²) >= 11 is 0. The van der Waals surface area contributed by atoms with Gasteiger partial charge < -0.3 is 5.32 Å². The van der Waals surface area contributed by atoms with Crippen LogP contribution in [0.4, 0.5) is 5.69 Å². The average molecular weight is 270 g/mol. The summed E-state index contributed by atoms with van der Waals surface area (Å²) in [7, 11) is 0. The number of amides is 3. The molecule has 2 aliphatic rings. The number of carbonyl (C=O) groups is 3. The maximum Gasteiger partial charge on any atom is 0.259 e. The Bertz CT molecular complexity index is 634. The predicted octanol–water partition coefficient (Wildman–Crippen LogP) is 1.86. The van der Waals surface area contributed by atoms with Crippen LogP contribution in [0.2, 0.25) is 0 Å². The average Bonchev–Trinajstić information content (AvgIpc) is 2.99. The minimum Gasteiger partial charge on any atom is -0.326 e. The Morgan fingerprint density at radius 3 is 2.80 bits per heavy atom. The van der Waals surface area contributed by atoms with Crippen molar-refractivity contribution in [3.8, 4) is 0 Å². The number of hydrogen-bond acceptors (Lipinski definition) is 3. The molecule has 0 unspecified atom stereocenters. The lowest BCUT2D eigenvalue weighted by Crippen LogP contribution is -2.19. The van der Waals surface area contributed by atoms with E-state index in [1.54, 1.807) is 12.1 Å². The number of nitrogens with one attached hydrogen (secondary N) is 2. The van der Waals surface area contributed by atoms with Gasteiger partial charge in [0.2, 0.25) is 5.91 Å². The summed E-state index contributed by atoms with van der Waals surface area (Å²) < 4.78 is 0. The molecule has 1 aromatic carbocycles. The van der Waals surface area contributed by atoms with Gasteiger partial charge in [-0.2, -0.15) is 0 Å². The van der Waals surface area contributed by atoms with E-state index in [2.05, 4.69) is 22.8 Å². The minimum atomic E-state index is -0.417. The lowest BCUT2D eigenvalue weighted by Gasteiger charge is -2.09. The van der Waals surface area contributed by atoms with Crippen molar-refractivity contribution in [1.82, 2.24) is 5.32 Å². The number of imide groups is 1. The molecule has 0 saturated carbocycles. The first-order valence-corrected chi connectivity index (χ1v) is 6.60. The van der Waals surface area contributed by atoms with E-state index in [1.807, 2.05) is 0 Å². The van der Waals surface area contributed by atoms with Gasteiger partial charge in [0, 0.05) is 12.1 Å². The van der Waals surface area contributed by atoms with E-state index >= 15 is 0 Å². The third-order valence-electron chi connectivity index (χ3n) is 3.58. The third kappa shape index (κ3) is 2.34. The molecule has 0 bridgehead atoms. The smallest absolute Gasteiger partial charge is 0.259 e. The number of fused-ring (bicyclic) bond motifs is 1. The highest BCUT2D eigenvalue weighted by Gasteiger charge is 2.26. The van der Waals surface area contributed by atoms with E-state index < -0.39 is 5.91 Å². The molecule has 1 aliphatic carbocycles. The van der Waals surface area contributed by atoms with Crippen LogP contribution in [-0.2, 0) is 4.79 Å². The fraction of sp³-hybridized carbons (Fsp3) is 0.267. The molecule has 102 valence electrons. The fourth-order valence-electron chi connectivity index (χ4n) is 2.56. The molecule has 0 saturated heterocycles. The Balaban J connectivity index is 1.70. The third-order valence-corrected chi connectivity index (χ3v) is 3.58. The van der Waals surface area contributed by atoms with E-state index in [1.165, 1.54) is 6.07 Å². The van der Waals surface area contributed by atoms with Gasteiger partial charge in [0.1, 0.15) is 0 Å². The molecule has 1 atom stereocenters. The largest absolute Gasteiger partial charge is 0.326 e. The molecule has 1 aromatic rings. The van der Waals surface area contributed by atoms with Crippen LogP contribution in [0.5, 0.6) is 0 Å². The normalized spacial score (nSPS) is 19.9. The molecular weight excluding hydrogens is 256 g/mol. The summed E-state index contributed by atoms with van der Waals surface area (Å²) in [5, 5.41) is 4.99. The van der Waals surface area contributed by atoms with Crippen molar-refractivity contribution in [2.75, 3.05) is 5.32 Å². The number of benzene rings is 1. The maximum atomic E-state index is 11.9. The molecule has 3 rings (SSSR count). The van der Waals surface area contributed by atoms with Gasteiger partial charge in [0.15, 0.2) is 0 Å². The van der Waals surface area contributed by atoms with Crippen LogP contribution in [0.1, 0.15) is 40.0 Å². The Morgan fingerprint density at radius 2 is 2.05 bits per heavy atom. The molecule has 0 aromatic heterocycles. The van der Waals surface area contributed by atoms with E-state index in [4.69, 9.17) is 0 Å². The van der Waals surface area contributed by atoms with Crippen molar-refractivity contribution in [1.29, 1.82) is 0 Å². The van der Waals surface area contributed by atoms with Crippen molar-refractivity contribution in [3.05, 3.63) is 41.5 Å². The molecule has 3 amide bonds. The SMILES string of the molecule is O=C(C[C@@H]1C=CCC1)Nc1ccc2c(c1)C(=O)NC2=O. The molecule has 5 nitrogen and oxygen atoms in total. The molecule has 20 heavy (non-hydrogen) atoms. The molecule has 1 heterocycles. The van der Waals surface area contributed by atoms with Gasteiger partial charge in [-0.25, -0.2) is 0 Å². The van der Waals surface area contributed by atoms with Crippen molar-refractivity contribution >= 4 is 23.4 Å². The first-order valence-electron chi connectivity index (χ1n) is 6.60. The zero-order valence-electron chi connectivity index (χ0n) is 10.8. The molecule has 2 N–H and O–H groups in total. The predicted molar refractivity (Wildman–Crippen MR) is 73.3 cm³/mol. The Hall–Kier alpha value is -2.43. The second kappa shape index (κ2) is 4.92. The van der Waals surface area contributed by atoms with E-state index in [-0.39, 0.29) is 11.8 Å². The highest BCUT2D eigenvalue weighted by Crippen LogP contribution is 2.23. The lowest BCUT2D eigenvalue weighted by atomic mass is 10.0. The first-order chi connectivity index (χ1) is 9.63. The van der Waals surface area contributed by atoms with Crippen LogP contribution < -0.4 is 10.6 Å². The monoisotopic (exact) mass is 270 g/mol. The highest BCUT2D eigenvalue weighted by molar-refractivity contribution is 6.22. The summed E-state index contributed by atoms with van der Waals surface area (Å²) in [6, 6.07) is 4.73. The van der Waals surface area contributed by atoms with Crippen LogP contribution in [-0.4, -0.2) is 17.7 Å². The standard InChI is InChI=1S/C15H14N2O3/c18-13(7-9-3-1-2-4-9)16-10-5-6-11-12(8-10)15(20)17-14(11)19/h1,3,5-6,8-9H,2,4,7H2,(H,16,18)(H,17,19,20)/t9-/m1/s1. The van der Waals surface area contributed by atoms with E-state index in [9.17, 15) is 14.4 Å². The van der Waals surface area contributed by atoms with Crippen molar-refractivity contribution in [3.63, 3.8) is 0 Å². The number of rotatable bonds is 3. The van der Waals surface area contributed by atoms with Gasteiger partial charge in [-0.3, -0.25) is 19.7 Å². The first kappa shape index (κ1) is 12.6. The number of hydrogen-bond donors (Lipinski definition) is 2. The Labute approximate surface area is 116 Å². The van der Waals surface area contributed by atoms with Crippen molar-refractivity contribution in [2.45, 2.75) is 19.3 Å². The molecule has 1 aliphatic heterocycles. The van der Waals surface area contributed by atoms with Crippen LogP contribution in [0, 0.1) is 5.92 Å². The minimum absolute atomic E-state index is 0.0776. The van der Waals surface area contributed by atoms with Gasteiger partial charge in [-0.05, 0) is 37.0 Å². The molecule has 5 heteroatoms. The second-order valence-electron chi connectivity index (χ2n) is 5.06. The van der Waals surface area contributed by atoms with Crippen LogP contribution in [0.15, 0.2) is 30.4 Å².